The molecule has 19 heavy (non-hydrogen) atoms. The standard InChI is InChI=1S/C16H27NO2/c1-5-18-14-8-6-7-9-15(14)19-11-10-13(12-17)16(2,3)4/h6-9,13H,5,10-12,17H2,1-4H3. The van der Waals surface area contributed by atoms with Crippen molar-refractivity contribution < 1.29 is 9.47 Å². The average molecular weight is 265 g/mol. The lowest BCUT2D eigenvalue weighted by Gasteiger charge is -2.29. The van der Waals surface area contributed by atoms with Gasteiger partial charge in [-0.05, 0) is 43.4 Å². The minimum Gasteiger partial charge on any atom is -0.490 e. The van der Waals surface area contributed by atoms with Crippen LogP contribution in [0.15, 0.2) is 24.3 Å². The highest BCUT2D eigenvalue weighted by Gasteiger charge is 2.23. The van der Waals surface area contributed by atoms with Crippen molar-refractivity contribution in [1.29, 1.82) is 0 Å². The Bertz CT molecular complexity index is 371. The molecule has 2 N–H and O–H groups in total. The summed E-state index contributed by atoms with van der Waals surface area (Å²) in [6.45, 7) is 10.6. The first-order valence-electron chi connectivity index (χ1n) is 7.03. The van der Waals surface area contributed by atoms with Crippen LogP contribution in [0.1, 0.15) is 34.1 Å². The van der Waals surface area contributed by atoms with Crippen LogP contribution in [0.25, 0.3) is 0 Å². The highest BCUT2D eigenvalue weighted by Crippen LogP contribution is 2.30. The first kappa shape index (κ1) is 15.8. The van der Waals surface area contributed by atoms with Crippen LogP contribution in [0.5, 0.6) is 11.5 Å². The number of hydrogen-bond donors (Lipinski definition) is 1. The third kappa shape index (κ3) is 5.11. The van der Waals surface area contributed by atoms with Gasteiger partial charge < -0.3 is 15.2 Å². The molecule has 1 rings (SSSR count). The molecule has 1 unspecified atom stereocenters. The zero-order valence-corrected chi connectivity index (χ0v) is 12.6. The van der Waals surface area contributed by atoms with Crippen LogP contribution in [-0.4, -0.2) is 19.8 Å². The molecular weight excluding hydrogens is 238 g/mol. The van der Waals surface area contributed by atoms with Crippen LogP contribution in [0.3, 0.4) is 0 Å². The maximum absolute atomic E-state index is 5.84. The third-order valence-electron chi connectivity index (χ3n) is 3.38. The summed E-state index contributed by atoms with van der Waals surface area (Å²) in [6.07, 6.45) is 0.959. The second kappa shape index (κ2) is 7.39. The monoisotopic (exact) mass is 265 g/mol. The summed E-state index contributed by atoms with van der Waals surface area (Å²) in [7, 11) is 0. The molecule has 3 nitrogen and oxygen atoms in total. The van der Waals surface area contributed by atoms with E-state index in [4.69, 9.17) is 15.2 Å². The molecule has 0 saturated carbocycles. The van der Waals surface area contributed by atoms with Gasteiger partial charge in [-0.1, -0.05) is 32.9 Å². The lowest BCUT2D eigenvalue weighted by atomic mass is 9.79. The highest BCUT2D eigenvalue weighted by molar-refractivity contribution is 5.39. The van der Waals surface area contributed by atoms with Crippen LogP contribution >= 0.6 is 0 Å². The Morgan fingerprint density at radius 1 is 1.11 bits per heavy atom. The molecule has 108 valence electrons. The Morgan fingerprint density at radius 2 is 1.68 bits per heavy atom. The summed E-state index contributed by atoms with van der Waals surface area (Å²) in [5.41, 5.74) is 6.06. The summed E-state index contributed by atoms with van der Waals surface area (Å²) in [4.78, 5) is 0. The van der Waals surface area contributed by atoms with E-state index in [9.17, 15) is 0 Å². The molecule has 0 spiro atoms. The molecule has 1 aromatic carbocycles. The van der Waals surface area contributed by atoms with Gasteiger partial charge in [0.05, 0.1) is 13.2 Å². The van der Waals surface area contributed by atoms with Gasteiger partial charge in [0, 0.05) is 0 Å². The van der Waals surface area contributed by atoms with Gasteiger partial charge >= 0.3 is 0 Å². The normalized spacial score (nSPS) is 13.1. The van der Waals surface area contributed by atoms with E-state index in [-0.39, 0.29) is 5.41 Å². The zero-order chi connectivity index (χ0) is 14.3. The summed E-state index contributed by atoms with van der Waals surface area (Å²) < 4.78 is 11.4. The van der Waals surface area contributed by atoms with E-state index in [0.29, 0.717) is 25.7 Å². The van der Waals surface area contributed by atoms with E-state index < -0.39 is 0 Å². The fourth-order valence-corrected chi connectivity index (χ4v) is 2.06. The van der Waals surface area contributed by atoms with Crippen molar-refractivity contribution in [3.8, 4) is 11.5 Å². The van der Waals surface area contributed by atoms with Gasteiger partial charge in [-0.25, -0.2) is 0 Å². The van der Waals surface area contributed by atoms with E-state index >= 15 is 0 Å². The van der Waals surface area contributed by atoms with E-state index in [2.05, 4.69) is 20.8 Å². The van der Waals surface area contributed by atoms with Crippen molar-refractivity contribution >= 4 is 0 Å². The molecule has 1 atom stereocenters. The number of nitrogens with two attached hydrogens (primary N) is 1. The topological polar surface area (TPSA) is 44.5 Å². The molecule has 3 heteroatoms. The SMILES string of the molecule is CCOc1ccccc1OCCC(CN)C(C)(C)C. The predicted octanol–water partition coefficient (Wildman–Crippen LogP) is 3.48. The molecule has 1 aromatic rings. The first-order chi connectivity index (χ1) is 8.99. The van der Waals surface area contributed by atoms with E-state index in [0.717, 1.165) is 17.9 Å². The second-order valence-electron chi connectivity index (χ2n) is 5.82. The minimum atomic E-state index is 0.220. The molecular formula is C16H27NO2. The van der Waals surface area contributed by atoms with Gasteiger partial charge in [-0.3, -0.25) is 0 Å². The van der Waals surface area contributed by atoms with Gasteiger partial charge in [0.15, 0.2) is 11.5 Å². The van der Waals surface area contributed by atoms with Crippen molar-refractivity contribution in [2.45, 2.75) is 34.1 Å². The average Bonchev–Trinajstić information content (AvgIpc) is 2.35. The zero-order valence-electron chi connectivity index (χ0n) is 12.6. The molecule has 0 aromatic heterocycles. The van der Waals surface area contributed by atoms with Crippen molar-refractivity contribution in [1.82, 2.24) is 0 Å². The quantitative estimate of drug-likeness (QED) is 0.821. The molecule has 0 aliphatic carbocycles. The molecule has 0 heterocycles. The van der Waals surface area contributed by atoms with Gasteiger partial charge in [0.2, 0.25) is 0 Å². The van der Waals surface area contributed by atoms with Crippen LogP contribution in [0.2, 0.25) is 0 Å². The van der Waals surface area contributed by atoms with E-state index in [1.54, 1.807) is 0 Å². The lowest BCUT2D eigenvalue weighted by Crippen LogP contribution is -2.29. The molecule has 0 amide bonds. The predicted molar refractivity (Wildman–Crippen MR) is 79.7 cm³/mol. The number of ether oxygens (including phenoxy) is 2. The van der Waals surface area contributed by atoms with Crippen molar-refractivity contribution in [3.63, 3.8) is 0 Å². The van der Waals surface area contributed by atoms with Gasteiger partial charge in [-0.2, -0.15) is 0 Å². The van der Waals surface area contributed by atoms with E-state index in [1.807, 2.05) is 31.2 Å². The largest absolute Gasteiger partial charge is 0.490 e. The molecule has 0 bridgehead atoms. The Morgan fingerprint density at radius 3 is 2.16 bits per heavy atom. The van der Waals surface area contributed by atoms with Crippen LogP contribution in [0, 0.1) is 11.3 Å². The van der Waals surface area contributed by atoms with Crippen molar-refractivity contribution in [3.05, 3.63) is 24.3 Å². The van der Waals surface area contributed by atoms with Gasteiger partial charge in [0.1, 0.15) is 0 Å². The summed E-state index contributed by atoms with van der Waals surface area (Å²) >= 11 is 0. The van der Waals surface area contributed by atoms with Crippen LogP contribution in [0.4, 0.5) is 0 Å². The molecule has 0 fully saturated rings. The minimum absolute atomic E-state index is 0.220. The number of para-hydroxylation sites is 2. The Labute approximate surface area is 117 Å². The smallest absolute Gasteiger partial charge is 0.161 e. The molecule has 0 saturated heterocycles. The fourth-order valence-electron chi connectivity index (χ4n) is 2.06. The molecule has 0 aliphatic heterocycles. The third-order valence-corrected chi connectivity index (χ3v) is 3.38. The van der Waals surface area contributed by atoms with Crippen molar-refractivity contribution in [2.75, 3.05) is 19.8 Å². The summed E-state index contributed by atoms with van der Waals surface area (Å²) in [6, 6.07) is 7.79. The maximum atomic E-state index is 5.84. The summed E-state index contributed by atoms with van der Waals surface area (Å²) in [5, 5.41) is 0. The summed E-state index contributed by atoms with van der Waals surface area (Å²) in [5.74, 6) is 2.09. The van der Waals surface area contributed by atoms with Gasteiger partial charge in [-0.15, -0.1) is 0 Å². The Hall–Kier alpha value is -1.22. The lowest BCUT2D eigenvalue weighted by molar-refractivity contribution is 0.185. The molecule has 0 aliphatic rings. The maximum Gasteiger partial charge on any atom is 0.161 e. The van der Waals surface area contributed by atoms with E-state index in [1.165, 1.54) is 0 Å². The fraction of sp³-hybridized carbons (Fsp3) is 0.625. The number of rotatable bonds is 7. The second-order valence-corrected chi connectivity index (χ2v) is 5.82. The highest BCUT2D eigenvalue weighted by atomic mass is 16.5. The van der Waals surface area contributed by atoms with Gasteiger partial charge in [0.25, 0.3) is 0 Å². The van der Waals surface area contributed by atoms with Crippen LogP contribution in [-0.2, 0) is 0 Å². The number of benzene rings is 1. The Balaban J connectivity index is 2.53. The number of hydrogen-bond acceptors (Lipinski definition) is 3. The van der Waals surface area contributed by atoms with Crippen molar-refractivity contribution in [2.24, 2.45) is 17.1 Å². The Kier molecular flexibility index (Phi) is 6.16. The first-order valence-corrected chi connectivity index (χ1v) is 7.03. The van der Waals surface area contributed by atoms with Crippen LogP contribution < -0.4 is 15.2 Å². The molecule has 0 radical (unpaired) electrons.